The minimum absolute atomic E-state index is 0.123. The van der Waals surface area contributed by atoms with E-state index in [4.69, 9.17) is 0 Å². The summed E-state index contributed by atoms with van der Waals surface area (Å²) in [4.78, 5) is 17.0. The van der Waals surface area contributed by atoms with Gasteiger partial charge in [-0.1, -0.05) is 17.4 Å². The second-order valence-electron chi connectivity index (χ2n) is 5.20. The first-order chi connectivity index (χ1) is 10.6. The van der Waals surface area contributed by atoms with Crippen LogP contribution in [0.4, 0.5) is 5.13 Å². The molecule has 1 N–H and O–H groups in total. The fourth-order valence-corrected chi connectivity index (χ4v) is 4.32. The lowest BCUT2D eigenvalue weighted by Crippen LogP contribution is -2.15. The van der Waals surface area contributed by atoms with E-state index in [1.165, 1.54) is 16.9 Å². The maximum absolute atomic E-state index is 12.5. The number of rotatable bonds is 2. The van der Waals surface area contributed by atoms with E-state index in [0.717, 1.165) is 20.4 Å². The van der Waals surface area contributed by atoms with Gasteiger partial charge < -0.3 is 4.57 Å². The summed E-state index contributed by atoms with van der Waals surface area (Å²) in [7, 11) is 1.91. The first kappa shape index (κ1) is 13.5. The molecular formula is C16H13N3OS2. The first-order valence-electron chi connectivity index (χ1n) is 6.83. The Balaban J connectivity index is 1.67. The molecule has 22 heavy (non-hydrogen) atoms. The first-order valence-corrected chi connectivity index (χ1v) is 8.53. The Morgan fingerprint density at radius 2 is 2.09 bits per heavy atom. The predicted molar refractivity (Wildman–Crippen MR) is 93.1 cm³/mol. The van der Waals surface area contributed by atoms with Crippen molar-refractivity contribution in [3.63, 3.8) is 0 Å². The molecule has 3 heterocycles. The molecular weight excluding hydrogens is 314 g/mol. The molecule has 1 amide bonds. The third kappa shape index (κ3) is 2.12. The van der Waals surface area contributed by atoms with Crippen molar-refractivity contribution in [2.45, 2.75) is 6.92 Å². The molecule has 0 saturated heterocycles. The van der Waals surface area contributed by atoms with Crippen molar-refractivity contribution in [2.24, 2.45) is 7.05 Å². The summed E-state index contributed by atoms with van der Waals surface area (Å²) in [6.07, 6.45) is 0. The fraction of sp³-hybridized carbons (Fsp3) is 0.125. The van der Waals surface area contributed by atoms with Crippen molar-refractivity contribution in [1.29, 1.82) is 0 Å². The zero-order chi connectivity index (χ0) is 15.3. The molecule has 110 valence electrons. The largest absolute Gasteiger partial charge is 0.339 e. The lowest BCUT2D eigenvalue weighted by molar-refractivity contribution is 0.102. The van der Waals surface area contributed by atoms with Gasteiger partial charge in [0.25, 0.3) is 5.91 Å². The van der Waals surface area contributed by atoms with Crippen molar-refractivity contribution >= 4 is 54.1 Å². The molecule has 0 aliphatic heterocycles. The van der Waals surface area contributed by atoms with Gasteiger partial charge in [-0.3, -0.25) is 10.1 Å². The number of aromatic nitrogens is 2. The van der Waals surface area contributed by atoms with E-state index >= 15 is 0 Å². The normalized spacial score (nSPS) is 11.4. The van der Waals surface area contributed by atoms with Crippen LogP contribution in [0.15, 0.2) is 35.7 Å². The zero-order valence-electron chi connectivity index (χ0n) is 12.1. The highest BCUT2D eigenvalue weighted by Crippen LogP contribution is 2.28. The number of thiophene rings is 1. The number of carbonyl (C=O) groups is 1. The van der Waals surface area contributed by atoms with Gasteiger partial charge in [-0.25, -0.2) is 4.98 Å². The van der Waals surface area contributed by atoms with Crippen molar-refractivity contribution in [2.75, 3.05) is 5.32 Å². The van der Waals surface area contributed by atoms with Gasteiger partial charge in [-0.05, 0) is 42.1 Å². The topological polar surface area (TPSA) is 46.9 Å². The minimum Gasteiger partial charge on any atom is -0.339 e. The van der Waals surface area contributed by atoms with Crippen molar-refractivity contribution in [1.82, 2.24) is 9.55 Å². The number of thiazole rings is 1. The molecule has 0 fully saturated rings. The highest BCUT2D eigenvalue weighted by atomic mass is 32.1. The van der Waals surface area contributed by atoms with E-state index in [0.29, 0.717) is 10.8 Å². The Hall–Kier alpha value is -2.18. The van der Waals surface area contributed by atoms with Crippen LogP contribution in [0.3, 0.4) is 0 Å². The van der Waals surface area contributed by atoms with Gasteiger partial charge in [-0.2, -0.15) is 0 Å². The molecule has 6 heteroatoms. The predicted octanol–water partition coefficient (Wildman–Crippen LogP) is 4.41. The van der Waals surface area contributed by atoms with Crippen LogP contribution in [-0.2, 0) is 7.05 Å². The number of hydrogen-bond donors (Lipinski definition) is 1. The van der Waals surface area contributed by atoms with Crippen LogP contribution in [0.5, 0.6) is 0 Å². The van der Waals surface area contributed by atoms with Crippen LogP contribution in [0.1, 0.15) is 16.1 Å². The molecule has 4 rings (SSSR count). The number of nitrogens with one attached hydrogen (secondary N) is 1. The summed E-state index contributed by atoms with van der Waals surface area (Å²) in [5.74, 6) is -0.123. The molecule has 0 saturated carbocycles. The van der Waals surface area contributed by atoms with Gasteiger partial charge in [0.1, 0.15) is 5.69 Å². The Morgan fingerprint density at radius 1 is 1.23 bits per heavy atom. The second-order valence-corrected chi connectivity index (χ2v) is 7.18. The molecule has 4 nitrogen and oxygen atoms in total. The van der Waals surface area contributed by atoms with Crippen LogP contribution in [0, 0.1) is 6.92 Å². The smallest absolute Gasteiger partial charge is 0.274 e. The average molecular weight is 327 g/mol. The maximum atomic E-state index is 12.5. The summed E-state index contributed by atoms with van der Waals surface area (Å²) in [5.41, 5.74) is 3.84. The molecule has 0 atom stereocenters. The van der Waals surface area contributed by atoms with E-state index < -0.39 is 0 Å². The Kier molecular flexibility index (Phi) is 3.02. The highest BCUT2D eigenvalue weighted by Gasteiger charge is 2.15. The highest BCUT2D eigenvalue weighted by molar-refractivity contribution is 7.22. The summed E-state index contributed by atoms with van der Waals surface area (Å²) in [6, 6.07) is 10.0. The molecule has 0 aliphatic carbocycles. The minimum atomic E-state index is -0.123. The monoisotopic (exact) mass is 327 g/mol. The number of fused-ring (bicyclic) bond motifs is 2. The molecule has 0 radical (unpaired) electrons. The third-order valence-corrected chi connectivity index (χ3v) is 5.45. The van der Waals surface area contributed by atoms with Crippen LogP contribution in [0.25, 0.3) is 20.4 Å². The van der Waals surface area contributed by atoms with Crippen LogP contribution < -0.4 is 5.32 Å². The zero-order valence-corrected chi connectivity index (χ0v) is 13.7. The molecule has 3 aromatic heterocycles. The number of amides is 1. The molecule has 0 aliphatic rings. The maximum Gasteiger partial charge on any atom is 0.274 e. The molecule has 4 aromatic rings. The number of carbonyl (C=O) groups excluding carboxylic acids is 1. The molecule has 0 unspecified atom stereocenters. The number of aryl methyl sites for hydroxylation is 2. The summed E-state index contributed by atoms with van der Waals surface area (Å²) in [5, 5.41) is 5.58. The number of nitrogens with zero attached hydrogens (tertiary/aromatic N) is 2. The van der Waals surface area contributed by atoms with E-state index in [2.05, 4.69) is 16.4 Å². The fourth-order valence-electron chi connectivity index (χ4n) is 2.51. The van der Waals surface area contributed by atoms with E-state index in [1.807, 2.05) is 48.2 Å². The van der Waals surface area contributed by atoms with E-state index in [9.17, 15) is 4.79 Å². The lowest BCUT2D eigenvalue weighted by atomic mass is 10.2. The second kappa shape index (κ2) is 4.93. The lowest BCUT2D eigenvalue weighted by Gasteiger charge is -2.03. The van der Waals surface area contributed by atoms with Crippen LogP contribution in [0.2, 0.25) is 0 Å². The summed E-state index contributed by atoms with van der Waals surface area (Å²) in [6.45, 7) is 2.05. The van der Waals surface area contributed by atoms with Gasteiger partial charge in [0.05, 0.1) is 20.4 Å². The van der Waals surface area contributed by atoms with Gasteiger partial charge in [0.15, 0.2) is 5.13 Å². The summed E-state index contributed by atoms with van der Waals surface area (Å²) < 4.78 is 4.12. The van der Waals surface area contributed by atoms with E-state index in [-0.39, 0.29) is 5.91 Å². The Bertz CT molecular complexity index is 1010. The van der Waals surface area contributed by atoms with Gasteiger partial charge in [0, 0.05) is 7.05 Å². The Labute approximate surface area is 135 Å². The molecule has 1 aromatic carbocycles. The number of hydrogen-bond acceptors (Lipinski definition) is 4. The number of anilines is 1. The number of benzene rings is 1. The van der Waals surface area contributed by atoms with Crippen molar-refractivity contribution < 1.29 is 4.79 Å². The van der Waals surface area contributed by atoms with Crippen molar-refractivity contribution in [3.8, 4) is 0 Å². The molecule has 0 spiro atoms. The van der Waals surface area contributed by atoms with E-state index in [1.54, 1.807) is 11.3 Å². The van der Waals surface area contributed by atoms with Gasteiger partial charge >= 0.3 is 0 Å². The van der Waals surface area contributed by atoms with Crippen LogP contribution >= 0.6 is 22.7 Å². The average Bonchev–Trinajstić information content (AvgIpc) is 3.14. The van der Waals surface area contributed by atoms with Gasteiger partial charge in [-0.15, -0.1) is 11.3 Å². The summed E-state index contributed by atoms with van der Waals surface area (Å²) >= 11 is 3.14. The Morgan fingerprint density at radius 3 is 2.91 bits per heavy atom. The quantitative estimate of drug-likeness (QED) is 0.593. The SMILES string of the molecule is Cc1ccc2nc(NC(=O)c3cc4sccc4n3C)sc2c1. The van der Waals surface area contributed by atoms with Crippen LogP contribution in [-0.4, -0.2) is 15.5 Å². The third-order valence-electron chi connectivity index (χ3n) is 3.66. The van der Waals surface area contributed by atoms with Gasteiger partial charge in [0.2, 0.25) is 0 Å². The van der Waals surface area contributed by atoms with Crippen molar-refractivity contribution in [3.05, 3.63) is 47.0 Å². The standard InChI is InChI=1S/C16H13N3OS2/c1-9-3-4-10-13(7-9)22-16(17-10)18-15(20)12-8-14-11(19(12)2)5-6-21-14/h3-8H,1-2H3,(H,17,18,20). The molecule has 0 bridgehead atoms.